The normalized spacial score (nSPS) is 13.7. The van der Waals surface area contributed by atoms with Gasteiger partial charge in [0.05, 0.1) is 0 Å². The van der Waals surface area contributed by atoms with E-state index < -0.39 is 0 Å². The van der Waals surface area contributed by atoms with Crippen molar-refractivity contribution in [2.75, 3.05) is 6.54 Å². The Morgan fingerprint density at radius 1 is 1.00 bits per heavy atom. The Morgan fingerprint density at radius 2 is 1.68 bits per heavy atom. The van der Waals surface area contributed by atoms with Crippen LogP contribution in [-0.4, -0.2) is 12.6 Å². The molecule has 0 saturated heterocycles. The molecule has 0 aliphatic rings. The lowest BCUT2D eigenvalue weighted by Gasteiger charge is -2.31. The van der Waals surface area contributed by atoms with Gasteiger partial charge in [-0.15, -0.1) is 0 Å². The maximum atomic E-state index is 3.62. The Labute approximate surface area is 117 Å². The summed E-state index contributed by atoms with van der Waals surface area (Å²) in [5, 5.41) is 6.28. The lowest BCUT2D eigenvalue weighted by atomic mass is 9.82. The Morgan fingerprint density at radius 3 is 2.32 bits per heavy atom. The molecule has 0 radical (unpaired) electrons. The van der Waals surface area contributed by atoms with E-state index in [4.69, 9.17) is 0 Å². The average Bonchev–Trinajstić information content (AvgIpc) is 2.37. The van der Waals surface area contributed by atoms with Crippen LogP contribution in [0.5, 0.6) is 0 Å². The highest BCUT2D eigenvalue weighted by molar-refractivity contribution is 5.82. The molecule has 0 aliphatic heterocycles. The molecule has 0 spiro atoms. The minimum Gasteiger partial charge on any atom is -0.313 e. The van der Waals surface area contributed by atoms with Gasteiger partial charge in [-0.1, -0.05) is 70.2 Å². The first-order chi connectivity index (χ1) is 9.00. The summed E-state index contributed by atoms with van der Waals surface area (Å²) in [4.78, 5) is 0. The van der Waals surface area contributed by atoms with Gasteiger partial charge in [-0.3, -0.25) is 0 Å². The van der Waals surface area contributed by atoms with Crippen molar-refractivity contribution < 1.29 is 0 Å². The third kappa shape index (κ3) is 3.57. The van der Waals surface area contributed by atoms with Gasteiger partial charge in [0.15, 0.2) is 0 Å². The molecule has 2 aromatic rings. The zero-order chi connectivity index (χ0) is 13.9. The second-order valence-electron chi connectivity index (χ2n) is 6.36. The summed E-state index contributed by atoms with van der Waals surface area (Å²) in [5.74, 6) is 0. The highest BCUT2D eigenvalue weighted by Gasteiger charge is 2.23. The van der Waals surface area contributed by atoms with Gasteiger partial charge in [-0.2, -0.15) is 0 Å². The van der Waals surface area contributed by atoms with Crippen LogP contribution < -0.4 is 5.32 Å². The molecule has 0 heterocycles. The van der Waals surface area contributed by atoms with E-state index in [1.54, 1.807) is 0 Å². The van der Waals surface area contributed by atoms with Gasteiger partial charge in [-0.25, -0.2) is 0 Å². The van der Waals surface area contributed by atoms with E-state index in [1.165, 1.54) is 16.3 Å². The molecule has 0 aliphatic carbocycles. The molecule has 0 saturated carbocycles. The number of benzene rings is 2. The van der Waals surface area contributed by atoms with Crippen molar-refractivity contribution in [1.82, 2.24) is 5.32 Å². The molecular weight excluding hydrogens is 230 g/mol. The monoisotopic (exact) mass is 255 g/mol. The quantitative estimate of drug-likeness (QED) is 0.853. The van der Waals surface area contributed by atoms with Crippen molar-refractivity contribution in [3.05, 3.63) is 48.0 Å². The van der Waals surface area contributed by atoms with E-state index in [-0.39, 0.29) is 5.41 Å². The summed E-state index contributed by atoms with van der Waals surface area (Å²) in [7, 11) is 0. The van der Waals surface area contributed by atoms with E-state index >= 15 is 0 Å². The van der Waals surface area contributed by atoms with Gasteiger partial charge in [0.25, 0.3) is 0 Å². The van der Waals surface area contributed by atoms with E-state index in [9.17, 15) is 0 Å². The molecule has 1 atom stereocenters. The number of nitrogens with one attached hydrogen (secondary N) is 1. The molecule has 1 unspecified atom stereocenters. The minimum absolute atomic E-state index is 0.279. The number of hydrogen-bond acceptors (Lipinski definition) is 1. The standard InChI is InChI=1S/C18H25N/c1-5-19-17(18(2,3)4)13-14-10-11-15-8-6-7-9-16(15)12-14/h6-12,17,19H,5,13H2,1-4H3. The third-order valence-electron chi connectivity index (χ3n) is 3.75. The topological polar surface area (TPSA) is 12.0 Å². The van der Waals surface area contributed by atoms with Gasteiger partial charge in [-0.05, 0) is 34.7 Å². The van der Waals surface area contributed by atoms with E-state index in [0.717, 1.165) is 13.0 Å². The molecule has 0 bridgehead atoms. The van der Waals surface area contributed by atoms with Crippen LogP contribution in [0.1, 0.15) is 33.3 Å². The number of likely N-dealkylation sites (N-methyl/N-ethyl adjacent to an activating group) is 1. The lowest BCUT2D eigenvalue weighted by molar-refractivity contribution is 0.270. The van der Waals surface area contributed by atoms with Crippen LogP contribution >= 0.6 is 0 Å². The van der Waals surface area contributed by atoms with Crippen molar-refractivity contribution >= 4 is 10.8 Å². The Bertz CT molecular complexity index is 537. The Balaban J connectivity index is 2.23. The molecule has 0 fully saturated rings. The largest absolute Gasteiger partial charge is 0.313 e. The summed E-state index contributed by atoms with van der Waals surface area (Å²) in [5.41, 5.74) is 1.70. The third-order valence-corrected chi connectivity index (χ3v) is 3.75. The van der Waals surface area contributed by atoms with E-state index in [2.05, 4.69) is 75.5 Å². The van der Waals surface area contributed by atoms with Gasteiger partial charge in [0.2, 0.25) is 0 Å². The Kier molecular flexibility index (Phi) is 4.26. The highest BCUT2D eigenvalue weighted by Crippen LogP contribution is 2.24. The van der Waals surface area contributed by atoms with Gasteiger partial charge < -0.3 is 5.32 Å². The molecule has 1 nitrogen and oxygen atoms in total. The molecular formula is C18H25N. The molecule has 2 aromatic carbocycles. The second-order valence-corrected chi connectivity index (χ2v) is 6.36. The smallest absolute Gasteiger partial charge is 0.0156 e. The molecule has 1 N–H and O–H groups in total. The summed E-state index contributed by atoms with van der Waals surface area (Å²) >= 11 is 0. The molecule has 2 rings (SSSR count). The van der Waals surface area contributed by atoms with Crippen LogP contribution in [0.25, 0.3) is 10.8 Å². The van der Waals surface area contributed by atoms with Crippen LogP contribution in [0.4, 0.5) is 0 Å². The maximum absolute atomic E-state index is 3.62. The van der Waals surface area contributed by atoms with E-state index in [1.807, 2.05) is 0 Å². The van der Waals surface area contributed by atoms with Crippen LogP contribution in [0, 0.1) is 5.41 Å². The van der Waals surface area contributed by atoms with Gasteiger partial charge in [0, 0.05) is 6.04 Å². The minimum atomic E-state index is 0.279. The van der Waals surface area contributed by atoms with Crippen LogP contribution in [0.15, 0.2) is 42.5 Å². The predicted molar refractivity (Wildman–Crippen MR) is 84.6 cm³/mol. The first-order valence-corrected chi connectivity index (χ1v) is 7.22. The van der Waals surface area contributed by atoms with E-state index in [0.29, 0.717) is 6.04 Å². The highest BCUT2D eigenvalue weighted by atomic mass is 14.9. The zero-order valence-corrected chi connectivity index (χ0v) is 12.5. The molecule has 0 amide bonds. The summed E-state index contributed by atoms with van der Waals surface area (Å²) < 4.78 is 0. The molecule has 19 heavy (non-hydrogen) atoms. The predicted octanol–water partition coefficient (Wildman–Crippen LogP) is 4.41. The number of fused-ring (bicyclic) bond motifs is 1. The van der Waals surface area contributed by atoms with Crippen molar-refractivity contribution in [2.45, 2.75) is 40.2 Å². The Hall–Kier alpha value is -1.34. The number of hydrogen-bond donors (Lipinski definition) is 1. The summed E-state index contributed by atoms with van der Waals surface area (Å²) in [6.45, 7) is 10.1. The van der Waals surface area contributed by atoms with Crippen LogP contribution in [0.3, 0.4) is 0 Å². The SMILES string of the molecule is CCNC(Cc1ccc2ccccc2c1)C(C)(C)C. The van der Waals surface area contributed by atoms with Crippen molar-refractivity contribution in [3.63, 3.8) is 0 Å². The van der Waals surface area contributed by atoms with Crippen LogP contribution in [-0.2, 0) is 6.42 Å². The maximum Gasteiger partial charge on any atom is 0.0156 e. The lowest BCUT2D eigenvalue weighted by Crippen LogP contribution is -2.41. The van der Waals surface area contributed by atoms with Gasteiger partial charge >= 0.3 is 0 Å². The zero-order valence-electron chi connectivity index (χ0n) is 12.5. The molecule has 1 heteroatoms. The van der Waals surface area contributed by atoms with Crippen LogP contribution in [0.2, 0.25) is 0 Å². The fourth-order valence-electron chi connectivity index (χ4n) is 2.53. The molecule has 102 valence electrons. The van der Waals surface area contributed by atoms with Crippen molar-refractivity contribution in [3.8, 4) is 0 Å². The van der Waals surface area contributed by atoms with Crippen molar-refractivity contribution in [1.29, 1.82) is 0 Å². The summed E-state index contributed by atoms with van der Waals surface area (Å²) in [6, 6.07) is 15.9. The summed E-state index contributed by atoms with van der Waals surface area (Å²) in [6.07, 6.45) is 1.09. The van der Waals surface area contributed by atoms with Crippen molar-refractivity contribution in [2.24, 2.45) is 5.41 Å². The fourth-order valence-corrected chi connectivity index (χ4v) is 2.53. The average molecular weight is 255 g/mol. The first-order valence-electron chi connectivity index (χ1n) is 7.22. The fraction of sp³-hybridized carbons (Fsp3) is 0.444. The molecule has 0 aromatic heterocycles. The first kappa shape index (κ1) is 14.1. The second kappa shape index (κ2) is 5.75. The van der Waals surface area contributed by atoms with Gasteiger partial charge in [0.1, 0.15) is 0 Å². The number of rotatable bonds is 4.